The minimum atomic E-state index is -3.91. The number of sulfonamides is 1. The van der Waals surface area contributed by atoms with E-state index in [0.29, 0.717) is 17.3 Å². The molecule has 3 aromatic rings. The molecular weight excluding hydrogens is 444 g/mol. The van der Waals surface area contributed by atoms with Crippen LogP contribution in [0.3, 0.4) is 0 Å². The van der Waals surface area contributed by atoms with Crippen molar-refractivity contribution in [3.8, 4) is 11.1 Å². The quantitative estimate of drug-likeness (QED) is 0.360. The van der Waals surface area contributed by atoms with Crippen molar-refractivity contribution in [2.75, 3.05) is 31.4 Å². The molecule has 0 saturated heterocycles. The second kappa shape index (κ2) is 9.99. The van der Waals surface area contributed by atoms with E-state index in [1.54, 1.807) is 30.7 Å². The van der Waals surface area contributed by atoms with E-state index in [1.165, 1.54) is 15.6 Å². The second-order valence-electron chi connectivity index (χ2n) is 6.50. The largest absolute Gasteiger partial charge is 0.392 e. The van der Waals surface area contributed by atoms with Gasteiger partial charge in [0.2, 0.25) is 5.13 Å². The van der Waals surface area contributed by atoms with Crippen LogP contribution in [0.4, 0.5) is 5.13 Å². The number of ether oxygens (including phenoxy) is 2. The van der Waals surface area contributed by atoms with Crippen LogP contribution in [0.15, 0.2) is 39.9 Å². The van der Waals surface area contributed by atoms with Crippen LogP contribution in [0.25, 0.3) is 11.1 Å². The summed E-state index contributed by atoms with van der Waals surface area (Å²) in [6.07, 6.45) is 0. The Balaban J connectivity index is 1.99. The molecule has 1 aromatic carbocycles. The van der Waals surface area contributed by atoms with Crippen LogP contribution in [0.1, 0.15) is 16.1 Å². The van der Waals surface area contributed by atoms with Crippen LogP contribution in [0.2, 0.25) is 0 Å². The number of rotatable bonds is 10. The molecule has 0 aliphatic rings. The highest BCUT2D eigenvalue weighted by molar-refractivity contribution is 7.95. The van der Waals surface area contributed by atoms with Crippen LogP contribution in [0, 0.1) is 13.8 Å². The van der Waals surface area contributed by atoms with Crippen LogP contribution in [-0.4, -0.2) is 45.6 Å². The molecule has 3 rings (SSSR count). The summed E-state index contributed by atoms with van der Waals surface area (Å²) in [4.78, 5) is 5.39. The first-order valence-corrected chi connectivity index (χ1v) is 12.3. The molecule has 2 aromatic heterocycles. The first kappa shape index (κ1) is 22.9. The van der Waals surface area contributed by atoms with E-state index in [2.05, 4.69) is 4.98 Å². The third-order valence-corrected chi connectivity index (χ3v) is 8.86. The van der Waals surface area contributed by atoms with Crippen molar-refractivity contribution in [3.05, 3.63) is 51.8 Å². The Morgan fingerprint density at radius 3 is 2.47 bits per heavy atom. The molecule has 0 atom stereocenters. The lowest BCUT2D eigenvalue weighted by Crippen LogP contribution is -2.33. The number of aliphatic hydroxyl groups excluding tert-OH is 1. The molecule has 1 N–H and O–H groups in total. The number of hydrogen-bond acceptors (Lipinski definition) is 8. The zero-order valence-electron chi connectivity index (χ0n) is 17.0. The first-order chi connectivity index (χ1) is 14.4. The predicted molar refractivity (Wildman–Crippen MR) is 120 cm³/mol. The summed E-state index contributed by atoms with van der Waals surface area (Å²) in [5.74, 6) is 0. The lowest BCUT2D eigenvalue weighted by atomic mass is 10.1. The number of benzene rings is 1. The Kier molecular flexibility index (Phi) is 7.61. The predicted octanol–water partition coefficient (Wildman–Crippen LogP) is 3.80. The fourth-order valence-corrected chi connectivity index (χ4v) is 6.58. The fraction of sp³-hybridized carbons (Fsp3) is 0.350. The van der Waals surface area contributed by atoms with Gasteiger partial charge in [-0.25, -0.2) is 17.7 Å². The number of methoxy groups -OCH3 is 1. The molecule has 0 saturated carbocycles. The number of aryl methyl sites for hydroxylation is 2. The molecule has 2 heterocycles. The minimum Gasteiger partial charge on any atom is -0.392 e. The summed E-state index contributed by atoms with van der Waals surface area (Å²) in [6.45, 7) is 4.18. The fourth-order valence-electron chi connectivity index (χ4n) is 2.68. The summed E-state index contributed by atoms with van der Waals surface area (Å²) in [5.41, 5.74) is 2.92. The van der Waals surface area contributed by atoms with Gasteiger partial charge in [0.15, 0.2) is 0 Å². The van der Waals surface area contributed by atoms with Crippen LogP contribution in [0.5, 0.6) is 0 Å². The normalized spacial score (nSPS) is 11.7. The topological polar surface area (TPSA) is 89.0 Å². The number of anilines is 1. The average molecular weight is 469 g/mol. The van der Waals surface area contributed by atoms with Gasteiger partial charge in [-0.2, -0.15) is 0 Å². The van der Waals surface area contributed by atoms with Gasteiger partial charge in [-0.1, -0.05) is 24.3 Å². The summed E-state index contributed by atoms with van der Waals surface area (Å²) in [7, 11) is -2.35. The van der Waals surface area contributed by atoms with Gasteiger partial charge in [0.1, 0.15) is 10.9 Å². The van der Waals surface area contributed by atoms with E-state index in [0.717, 1.165) is 33.0 Å². The van der Waals surface area contributed by atoms with E-state index in [-0.39, 0.29) is 24.2 Å². The van der Waals surface area contributed by atoms with Crippen LogP contribution in [-0.2, 0) is 26.1 Å². The Labute approximate surface area is 184 Å². The van der Waals surface area contributed by atoms with E-state index < -0.39 is 10.0 Å². The van der Waals surface area contributed by atoms with Crippen LogP contribution >= 0.6 is 22.7 Å². The molecule has 10 heteroatoms. The average Bonchev–Trinajstić information content (AvgIpc) is 3.35. The number of aliphatic hydroxyl groups is 1. The van der Waals surface area contributed by atoms with E-state index in [4.69, 9.17) is 9.47 Å². The second-order valence-corrected chi connectivity index (χ2v) is 10.7. The maximum absolute atomic E-state index is 13.6. The number of hydrogen-bond donors (Lipinski definition) is 1. The van der Waals surface area contributed by atoms with Gasteiger partial charge in [0.25, 0.3) is 10.0 Å². The molecule has 0 fully saturated rings. The highest BCUT2D eigenvalue weighted by Crippen LogP contribution is 2.37. The summed E-state index contributed by atoms with van der Waals surface area (Å²) < 4.78 is 39.3. The molecule has 0 bridgehead atoms. The van der Waals surface area contributed by atoms with Crippen molar-refractivity contribution < 1.29 is 23.0 Å². The molecule has 162 valence electrons. The number of aromatic nitrogens is 1. The third-order valence-electron chi connectivity index (χ3n) is 4.47. The Bertz CT molecular complexity index is 1050. The van der Waals surface area contributed by atoms with Gasteiger partial charge in [0, 0.05) is 17.6 Å². The smallest absolute Gasteiger partial charge is 0.278 e. The van der Waals surface area contributed by atoms with Gasteiger partial charge >= 0.3 is 0 Å². The standard InChI is InChI=1S/C20H24N2O5S3/c1-14-15(2)29-20(21-14)22(13-27-10-9-26-3)30(24,25)19-18(8-11-28-19)17-6-4-16(12-23)5-7-17/h4-8,11,23H,9-10,12-13H2,1-3H3. The zero-order valence-corrected chi connectivity index (χ0v) is 19.4. The highest BCUT2D eigenvalue weighted by Gasteiger charge is 2.31. The lowest BCUT2D eigenvalue weighted by molar-refractivity contribution is 0.0756. The van der Waals surface area contributed by atoms with Crippen molar-refractivity contribution >= 4 is 37.8 Å². The van der Waals surface area contributed by atoms with Gasteiger partial charge in [-0.3, -0.25) is 0 Å². The highest BCUT2D eigenvalue weighted by atomic mass is 32.2. The van der Waals surface area contributed by atoms with Gasteiger partial charge in [0.05, 0.1) is 25.5 Å². The monoisotopic (exact) mass is 468 g/mol. The van der Waals surface area contributed by atoms with E-state index in [1.807, 2.05) is 26.0 Å². The Morgan fingerprint density at radius 2 is 1.87 bits per heavy atom. The molecule has 0 spiro atoms. The van der Waals surface area contributed by atoms with Crippen molar-refractivity contribution in [3.63, 3.8) is 0 Å². The van der Waals surface area contributed by atoms with Crippen LogP contribution < -0.4 is 4.31 Å². The lowest BCUT2D eigenvalue weighted by Gasteiger charge is -2.21. The SMILES string of the molecule is COCCOCN(c1nc(C)c(C)s1)S(=O)(=O)c1sccc1-c1ccc(CO)cc1. The molecular formula is C20H24N2O5S3. The maximum Gasteiger partial charge on any atom is 0.278 e. The van der Waals surface area contributed by atoms with Gasteiger partial charge in [-0.05, 0) is 36.4 Å². The van der Waals surface area contributed by atoms with Crippen molar-refractivity contribution in [2.24, 2.45) is 0 Å². The first-order valence-electron chi connectivity index (χ1n) is 9.19. The van der Waals surface area contributed by atoms with Crippen molar-refractivity contribution in [1.29, 1.82) is 0 Å². The zero-order chi connectivity index (χ0) is 21.7. The van der Waals surface area contributed by atoms with Crippen molar-refractivity contribution in [1.82, 2.24) is 4.98 Å². The molecule has 30 heavy (non-hydrogen) atoms. The third kappa shape index (κ3) is 4.90. The molecule has 0 radical (unpaired) electrons. The maximum atomic E-state index is 13.6. The molecule has 0 aliphatic heterocycles. The number of thiophene rings is 1. The van der Waals surface area contributed by atoms with E-state index in [9.17, 15) is 13.5 Å². The minimum absolute atomic E-state index is 0.0651. The number of nitrogens with zero attached hydrogens (tertiary/aromatic N) is 2. The van der Waals surface area contributed by atoms with Gasteiger partial charge < -0.3 is 14.6 Å². The molecule has 0 aliphatic carbocycles. The van der Waals surface area contributed by atoms with E-state index >= 15 is 0 Å². The van der Waals surface area contributed by atoms with Gasteiger partial charge in [-0.15, -0.1) is 22.7 Å². The molecule has 0 unspecified atom stereocenters. The Morgan fingerprint density at radius 1 is 1.13 bits per heavy atom. The summed E-state index contributed by atoms with van der Waals surface area (Å²) in [5, 5.41) is 11.4. The molecule has 0 amide bonds. The Hall–Kier alpha value is -1.82. The number of thiazole rings is 1. The summed E-state index contributed by atoms with van der Waals surface area (Å²) >= 11 is 2.47. The summed E-state index contributed by atoms with van der Waals surface area (Å²) in [6, 6.07) is 8.96. The van der Waals surface area contributed by atoms with Crippen molar-refractivity contribution in [2.45, 2.75) is 24.7 Å². The molecule has 7 nitrogen and oxygen atoms in total.